The number of aromatic nitrogens is 6. The van der Waals surface area contributed by atoms with Crippen molar-refractivity contribution in [1.29, 1.82) is 0 Å². The summed E-state index contributed by atoms with van der Waals surface area (Å²) in [7, 11) is 0. The first kappa shape index (κ1) is 25.5. The molecular weight excluding hydrogens is 579 g/mol. The summed E-state index contributed by atoms with van der Waals surface area (Å²) < 4.78 is 6.31. The molecule has 0 spiro atoms. The molecule has 0 aliphatic rings. The molecule has 0 unspecified atom stereocenters. The highest BCUT2D eigenvalue weighted by Gasteiger charge is 2.26. The molecule has 1 amide bonds. The van der Waals surface area contributed by atoms with Gasteiger partial charge in [-0.25, -0.2) is 0 Å². The third-order valence-corrected chi connectivity index (χ3v) is 10.6. The van der Waals surface area contributed by atoms with Crippen LogP contribution in [0, 0.1) is 0 Å². The van der Waals surface area contributed by atoms with Gasteiger partial charge in [0.05, 0.1) is 32.0 Å². The van der Waals surface area contributed by atoms with Gasteiger partial charge in [-0.15, -0.1) is 20.4 Å². The Labute approximate surface area is 246 Å². The van der Waals surface area contributed by atoms with Crippen LogP contribution in [-0.4, -0.2) is 40.3 Å². The maximum Gasteiger partial charge on any atom is 0.294 e. The lowest BCUT2D eigenvalue weighted by atomic mass is 10.0. The average Bonchev–Trinajstić information content (AvgIpc) is 3.74. The van der Waals surface area contributed by atoms with Crippen molar-refractivity contribution in [3.8, 4) is 0 Å². The Hall–Kier alpha value is -3.45. The molecule has 4 aromatic heterocycles. The third-order valence-electron chi connectivity index (χ3n) is 6.78. The van der Waals surface area contributed by atoms with E-state index < -0.39 is 0 Å². The number of benzene rings is 3. The van der Waals surface area contributed by atoms with Crippen molar-refractivity contribution in [2.75, 3.05) is 10.8 Å². The van der Waals surface area contributed by atoms with Gasteiger partial charge in [0.2, 0.25) is 15.1 Å². The van der Waals surface area contributed by atoms with Gasteiger partial charge >= 0.3 is 0 Å². The van der Waals surface area contributed by atoms with Gasteiger partial charge in [0.1, 0.15) is 0 Å². The van der Waals surface area contributed by atoms with Crippen LogP contribution in [0.1, 0.15) is 25.0 Å². The summed E-state index contributed by atoms with van der Waals surface area (Å²) in [5, 5.41) is 18.9. The van der Waals surface area contributed by atoms with E-state index in [0.717, 1.165) is 76.9 Å². The smallest absolute Gasteiger partial charge is 0.292 e. The number of aryl methyl sites for hydroxylation is 2. The first-order valence-corrected chi connectivity index (χ1v) is 16.3. The summed E-state index contributed by atoms with van der Waals surface area (Å²) in [6, 6.07) is 22.6. The molecule has 7 rings (SSSR count). The molecule has 0 bridgehead atoms. The van der Waals surface area contributed by atoms with Gasteiger partial charge in [0.15, 0.2) is 5.16 Å². The number of amides is 1. The maximum absolute atomic E-state index is 14.2. The standard InChI is InChI=1S/C28H23N7OS4/c1-3-17-10-9-11-18(4-2)23(17)33(16-37-24-29-30-25-34(24)19-12-5-7-14-21(19)38-25)28(36)40-27-32-31-26-35(27)20-13-6-8-15-22(20)39-26/h5-15H,3-4,16H2,1-2H3. The van der Waals surface area contributed by atoms with Crippen LogP contribution in [-0.2, 0) is 12.8 Å². The SMILES string of the molecule is CCc1cccc(CC)c1N(CSc1nnc2sc3ccccc3n12)C(=O)Sc1nnc2sc3ccccc3n12. The third kappa shape index (κ3) is 4.26. The number of rotatable bonds is 7. The fourth-order valence-corrected chi connectivity index (χ4v) is 8.71. The van der Waals surface area contributed by atoms with Crippen molar-refractivity contribution in [3.05, 3.63) is 77.9 Å². The molecule has 7 aromatic rings. The lowest BCUT2D eigenvalue weighted by Gasteiger charge is -2.26. The number of thiazole rings is 2. The monoisotopic (exact) mass is 601 g/mol. The number of thioether (sulfide) groups is 2. The zero-order chi connectivity index (χ0) is 27.2. The lowest BCUT2D eigenvalue weighted by molar-refractivity contribution is 0.265. The molecule has 0 fully saturated rings. The molecule has 0 aliphatic carbocycles. The number of nitrogens with zero attached hydrogens (tertiary/aromatic N) is 7. The maximum atomic E-state index is 14.2. The molecule has 0 N–H and O–H groups in total. The Kier molecular flexibility index (Phi) is 6.70. The van der Waals surface area contributed by atoms with E-state index in [1.165, 1.54) is 11.8 Å². The highest BCUT2D eigenvalue weighted by atomic mass is 32.2. The van der Waals surface area contributed by atoms with Crippen molar-refractivity contribution >= 4 is 87.5 Å². The van der Waals surface area contributed by atoms with E-state index in [1.807, 2.05) is 39.6 Å². The van der Waals surface area contributed by atoms with Gasteiger partial charge in [-0.05, 0) is 48.2 Å². The fraction of sp³-hybridized carbons (Fsp3) is 0.179. The number of carbonyl (C=O) groups excluding carboxylic acids is 1. The summed E-state index contributed by atoms with van der Waals surface area (Å²) >= 11 is 5.81. The highest BCUT2D eigenvalue weighted by molar-refractivity contribution is 8.13. The minimum Gasteiger partial charge on any atom is -0.292 e. The Bertz CT molecular complexity index is 2000. The number of anilines is 1. The molecule has 0 saturated heterocycles. The van der Waals surface area contributed by atoms with E-state index >= 15 is 0 Å². The minimum absolute atomic E-state index is 0.108. The van der Waals surface area contributed by atoms with E-state index in [9.17, 15) is 4.79 Å². The molecule has 4 heterocycles. The normalized spacial score (nSPS) is 11.8. The Morgan fingerprint density at radius 1 is 0.750 bits per heavy atom. The number of hydrogen-bond acceptors (Lipinski definition) is 9. The van der Waals surface area contributed by atoms with Crippen LogP contribution in [0.4, 0.5) is 10.5 Å². The fourth-order valence-electron chi connectivity index (χ4n) is 4.90. The second-order valence-corrected chi connectivity index (χ2v) is 12.9. The second-order valence-electron chi connectivity index (χ2n) is 9.04. The summed E-state index contributed by atoms with van der Waals surface area (Å²) in [4.78, 5) is 17.7. The van der Waals surface area contributed by atoms with Crippen LogP contribution < -0.4 is 4.90 Å². The van der Waals surface area contributed by atoms with Crippen LogP contribution in [0.25, 0.3) is 30.4 Å². The molecular formula is C28H23N7OS4. The summed E-state index contributed by atoms with van der Waals surface area (Å²) in [5.74, 6) is 0.382. The highest BCUT2D eigenvalue weighted by Crippen LogP contribution is 2.36. The zero-order valence-electron chi connectivity index (χ0n) is 21.6. The molecule has 8 nitrogen and oxygen atoms in total. The Balaban J connectivity index is 1.28. The predicted octanol–water partition coefficient (Wildman–Crippen LogP) is 7.79. The Morgan fingerprint density at radius 2 is 1.30 bits per heavy atom. The van der Waals surface area contributed by atoms with E-state index in [-0.39, 0.29) is 5.24 Å². The van der Waals surface area contributed by atoms with Crippen LogP contribution in [0.15, 0.2) is 77.0 Å². The molecule has 0 atom stereocenters. The van der Waals surface area contributed by atoms with E-state index in [1.54, 1.807) is 22.7 Å². The van der Waals surface area contributed by atoms with Crippen molar-refractivity contribution in [2.45, 2.75) is 37.0 Å². The molecule has 0 saturated carbocycles. The van der Waals surface area contributed by atoms with Crippen molar-refractivity contribution in [2.24, 2.45) is 0 Å². The molecule has 3 aromatic carbocycles. The number of fused-ring (bicyclic) bond motifs is 6. The average molecular weight is 602 g/mol. The van der Waals surface area contributed by atoms with E-state index in [2.05, 4.69) is 75.0 Å². The number of hydrogen-bond donors (Lipinski definition) is 0. The van der Waals surface area contributed by atoms with Crippen molar-refractivity contribution < 1.29 is 4.79 Å². The van der Waals surface area contributed by atoms with Gasteiger partial charge in [-0.2, -0.15) is 0 Å². The second kappa shape index (κ2) is 10.5. The minimum atomic E-state index is -0.108. The van der Waals surface area contributed by atoms with Gasteiger partial charge in [0.25, 0.3) is 5.24 Å². The quantitative estimate of drug-likeness (QED) is 0.136. The van der Waals surface area contributed by atoms with E-state index in [0.29, 0.717) is 11.0 Å². The first-order chi connectivity index (χ1) is 19.7. The van der Waals surface area contributed by atoms with Crippen LogP contribution in [0.2, 0.25) is 0 Å². The van der Waals surface area contributed by atoms with Crippen LogP contribution >= 0.6 is 46.2 Å². The van der Waals surface area contributed by atoms with Gasteiger partial charge in [0, 0.05) is 11.8 Å². The predicted molar refractivity (Wildman–Crippen MR) is 166 cm³/mol. The van der Waals surface area contributed by atoms with Crippen LogP contribution in [0.5, 0.6) is 0 Å². The summed E-state index contributed by atoms with van der Waals surface area (Å²) in [6.07, 6.45) is 1.63. The lowest BCUT2D eigenvalue weighted by Crippen LogP contribution is -2.29. The Morgan fingerprint density at radius 3 is 1.90 bits per heavy atom. The van der Waals surface area contributed by atoms with Crippen molar-refractivity contribution in [3.63, 3.8) is 0 Å². The number of carbonyl (C=O) groups is 1. The zero-order valence-corrected chi connectivity index (χ0v) is 24.9. The van der Waals surface area contributed by atoms with Crippen molar-refractivity contribution in [1.82, 2.24) is 29.2 Å². The molecule has 12 heteroatoms. The summed E-state index contributed by atoms with van der Waals surface area (Å²) in [6.45, 7) is 4.25. The van der Waals surface area contributed by atoms with Gasteiger partial charge in [-0.1, -0.05) is 90.7 Å². The molecule has 200 valence electrons. The molecule has 40 heavy (non-hydrogen) atoms. The largest absolute Gasteiger partial charge is 0.294 e. The van der Waals surface area contributed by atoms with Gasteiger partial charge in [-0.3, -0.25) is 18.5 Å². The topological polar surface area (TPSA) is 80.7 Å². The first-order valence-electron chi connectivity index (χ1n) is 12.8. The van der Waals surface area contributed by atoms with Crippen LogP contribution in [0.3, 0.4) is 0 Å². The molecule has 0 aliphatic heterocycles. The number of para-hydroxylation sites is 3. The summed E-state index contributed by atoms with van der Waals surface area (Å²) in [5.41, 5.74) is 5.30. The van der Waals surface area contributed by atoms with E-state index in [4.69, 9.17) is 0 Å². The molecule has 0 radical (unpaired) electrons. The van der Waals surface area contributed by atoms with Gasteiger partial charge < -0.3 is 0 Å².